The van der Waals surface area contributed by atoms with Crippen LogP contribution < -0.4 is 9.64 Å². The Morgan fingerprint density at radius 1 is 1.10 bits per heavy atom. The number of anilines is 1. The summed E-state index contributed by atoms with van der Waals surface area (Å²) in [4.78, 5) is 14.3. The average molecular weight is 572 g/mol. The monoisotopic (exact) mass is 569 g/mol. The summed E-state index contributed by atoms with van der Waals surface area (Å²) in [5, 5.41) is 0.448. The summed E-state index contributed by atoms with van der Waals surface area (Å²) in [5.41, 5.74) is 2.22. The summed E-state index contributed by atoms with van der Waals surface area (Å²) in [6.07, 6.45) is 0. The molecule has 1 aliphatic rings. The number of rotatable bonds is 5. The van der Waals surface area contributed by atoms with Gasteiger partial charge in [-0.25, -0.2) is 4.39 Å². The van der Waals surface area contributed by atoms with Crippen molar-refractivity contribution in [2.45, 2.75) is 12.0 Å². The molecule has 3 aromatic carbocycles. The number of hydrogen-bond acceptors (Lipinski definition) is 3. The molecular weight excluding hydrogens is 557 g/mol. The molecule has 1 atom stereocenters. The van der Waals surface area contributed by atoms with Crippen molar-refractivity contribution in [1.82, 2.24) is 0 Å². The van der Waals surface area contributed by atoms with Crippen molar-refractivity contribution in [3.63, 3.8) is 0 Å². The minimum absolute atomic E-state index is 0.0412. The van der Waals surface area contributed by atoms with Gasteiger partial charge in [-0.3, -0.25) is 9.69 Å². The van der Waals surface area contributed by atoms with Crippen LogP contribution in [0.2, 0.25) is 5.02 Å². The van der Waals surface area contributed by atoms with E-state index in [1.54, 1.807) is 47.0 Å². The maximum atomic E-state index is 13.9. The minimum atomic E-state index is -0.305. The molecule has 0 aliphatic carbocycles. The lowest BCUT2D eigenvalue weighted by Gasteiger charge is -2.25. The number of halogens is 4. The fourth-order valence-corrected chi connectivity index (χ4v) is 5.91. The van der Waals surface area contributed by atoms with Crippen LogP contribution in [0.25, 0.3) is 0 Å². The largest absolute Gasteiger partial charge is 0.486 e. The SMILES string of the molecule is O=C1CS[C@H](c2cc(Br)c(OCc3ccccc3F)c(Br)c2)N1c1ccc(Cl)cc1. The minimum Gasteiger partial charge on any atom is -0.486 e. The predicted molar refractivity (Wildman–Crippen MR) is 127 cm³/mol. The molecule has 1 fully saturated rings. The molecule has 0 N–H and O–H groups in total. The van der Waals surface area contributed by atoms with Gasteiger partial charge in [-0.05, 0) is 79.9 Å². The van der Waals surface area contributed by atoms with Crippen molar-refractivity contribution in [3.8, 4) is 5.75 Å². The number of thioether (sulfide) groups is 1. The first-order valence-corrected chi connectivity index (χ1v) is 12.0. The van der Waals surface area contributed by atoms with Crippen LogP contribution >= 0.6 is 55.2 Å². The van der Waals surface area contributed by atoms with Crippen LogP contribution in [-0.4, -0.2) is 11.7 Å². The second-order valence-corrected chi connectivity index (χ2v) is 9.81. The van der Waals surface area contributed by atoms with E-state index in [-0.39, 0.29) is 23.7 Å². The Morgan fingerprint density at radius 3 is 2.43 bits per heavy atom. The highest BCUT2D eigenvalue weighted by Gasteiger charge is 2.34. The van der Waals surface area contributed by atoms with E-state index < -0.39 is 0 Å². The van der Waals surface area contributed by atoms with E-state index in [9.17, 15) is 9.18 Å². The number of amides is 1. The summed E-state index contributed by atoms with van der Waals surface area (Å²) in [7, 11) is 0. The molecule has 8 heteroatoms. The summed E-state index contributed by atoms with van der Waals surface area (Å²) < 4.78 is 21.2. The molecule has 0 unspecified atom stereocenters. The van der Waals surface area contributed by atoms with E-state index in [1.165, 1.54) is 6.07 Å². The number of ether oxygens (including phenoxy) is 1. The van der Waals surface area contributed by atoms with Crippen molar-refractivity contribution in [2.24, 2.45) is 0 Å². The van der Waals surface area contributed by atoms with Crippen molar-refractivity contribution < 1.29 is 13.9 Å². The van der Waals surface area contributed by atoms with Crippen LogP contribution in [0.4, 0.5) is 10.1 Å². The normalized spacial score (nSPS) is 16.2. The Balaban J connectivity index is 1.59. The van der Waals surface area contributed by atoms with Crippen LogP contribution in [0.1, 0.15) is 16.5 Å². The van der Waals surface area contributed by atoms with E-state index >= 15 is 0 Å². The molecule has 0 aromatic heterocycles. The van der Waals surface area contributed by atoms with Gasteiger partial charge in [0.05, 0.1) is 14.7 Å². The molecule has 0 bridgehead atoms. The van der Waals surface area contributed by atoms with Gasteiger partial charge < -0.3 is 4.74 Å². The summed E-state index contributed by atoms with van der Waals surface area (Å²) in [6, 6.07) is 17.6. The molecule has 3 aromatic rings. The van der Waals surface area contributed by atoms with Crippen molar-refractivity contribution in [2.75, 3.05) is 10.7 Å². The standard InChI is InChI=1S/C22H15Br2ClFNO2S/c23-17-9-14(10-18(24)21(17)29-11-13-3-1-2-4-19(13)26)22-27(20(28)12-30-22)16-7-5-15(25)6-8-16/h1-10,22H,11-12H2/t22-/m1/s1. The molecule has 1 heterocycles. The fourth-order valence-electron chi connectivity index (χ4n) is 3.18. The number of hydrogen-bond donors (Lipinski definition) is 0. The third-order valence-corrected chi connectivity index (χ3v) is 7.25. The van der Waals surface area contributed by atoms with Crippen LogP contribution in [0.15, 0.2) is 69.6 Å². The van der Waals surface area contributed by atoms with Gasteiger partial charge in [-0.1, -0.05) is 29.8 Å². The molecule has 0 saturated carbocycles. The zero-order valence-corrected chi connectivity index (χ0v) is 20.2. The highest BCUT2D eigenvalue weighted by molar-refractivity contribution is 9.11. The van der Waals surface area contributed by atoms with E-state index in [0.29, 0.717) is 22.1 Å². The van der Waals surface area contributed by atoms with Crippen LogP contribution in [-0.2, 0) is 11.4 Å². The first-order valence-electron chi connectivity index (χ1n) is 8.98. The highest BCUT2D eigenvalue weighted by atomic mass is 79.9. The fraction of sp³-hybridized carbons (Fsp3) is 0.136. The Kier molecular flexibility index (Phi) is 6.72. The second-order valence-electron chi connectivity index (χ2n) is 6.60. The first kappa shape index (κ1) is 21.7. The predicted octanol–water partition coefficient (Wildman–Crippen LogP) is 7.36. The molecule has 0 radical (unpaired) electrons. The van der Waals surface area contributed by atoms with E-state index in [0.717, 1.165) is 20.2 Å². The molecule has 4 rings (SSSR count). The van der Waals surface area contributed by atoms with Gasteiger partial charge in [-0.2, -0.15) is 0 Å². The molecule has 1 amide bonds. The summed E-state index contributed by atoms with van der Waals surface area (Å²) in [6.45, 7) is 0.108. The van der Waals surface area contributed by atoms with Crippen molar-refractivity contribution in [1.29, 1.82) is 0 Å². The molecule has 1 aliphatic heterocycles. The van der Waals surface area contributed by atoms with E-state index in [1.807, 2.05) is 24.3 Å². The van der Waals surface area contributed by atoms with Crippen LogP contribution in [0.5, 0.6) is 5.75 Å². The molecule has 3 nitrogen and oxygen atoms in total. The van der Waals surface area contributed by atoms with Gasteiger partial charge in [-0.15, -0.1) is 11.8 Å². The number of benzene rings is 3. The van der Waals surface area contributed by atoms with Gasteiger partial charge in [0.25, 0.3) is 0 Å². The third-order valence-electron chi connectivity index (χ3n) is 4.61. The first-order chi connectivity index (χ1) is 14.4. The quantitative estimate of drug-likeness (QED) is 0.321. The van der Waals surface area contributed by atoms with Gasteiger partial charge in [0.1, 0.15) is 23.5 Å². The maximum Gasteiger partial charge on any atom is 0.238 e. The molecular formula is C22H15Br2ClFNO2S. The zero-order chi connectivity index (χ0) is 21.3. The lowest BCUT2D eigenvalue weighted by molar-refractivity contribution is -0.115. The lowest BCUT2D eigenvalue weighted by atomic mass is 10.1. The van der Waals surface area contributed by atoms with E-state index in [4.69, 9.17) is 16.3 Å². The smallest absolute Gasteiger partial charge is 0.238 e. The van der Waals surface area contributed by atoms with Crippen molar-refractivity contribution in [3.05, 3.63) is 91.6 Å². The molecule has 1 saturated heterocycles. The average Bonchev–Trinajstić information content (AvgIpc) is 3.10. The second kappa shape index (κ2) is 9.30. The van der Waals surface area contributed by atoms with Gasteiger partial charge in [0.2, 0.25) is 5.91 Å². The van der Waals surface area contributed by atoms with Gasteiger partial charge in [0.15, 0.2) is 0 Å². The Morgan fingerprint density at radius 2 is 1.77 bits per heavy atom. The number of carbonyl (C=O) groups excluding carboxylic acids is 1. The Hall–Kier alpha value is -1.54. The maximum absolute atomic E-state index is 13.9. The van der Waals surface area contributed by atoms with Crippen LogP contribution in [0.3, 0.4) is 0 Å². The van der Waals surface area contributed by atoms with Gasteiger partial charge >= 0.3 is 0 Å². The van der Waals surface area contributed by atoms with Gasteiger partial charge in [0, 0.05) is 16.3 Å². The lowest BCUT2D eigenvalue weighted by Crippen LogP contribution is -2.27. The van der Waals surface area contributed by atoms with Crippen molar-refractivity contribution >= 4 is 66.8 Å². The molecule has 154 valence electrons. The van der Waals surface area contributed by atoms with E-state index in [2.05, 4.69) is 31.9 Å². The highest BCUT2D eigenvalue weighted by Crippen LogP contribution is 2.45. The molecule has 30 heavy (non-hydrogen) atoms. The third kappa shape index (κ3) is 4.54. The van der Waals surface area contributed by atoms with Crippen LogP contribution in [0, 0.1) is 5.82 Å². The summed E-state index contributed by atoms with van der Waals surface area (Å²) in [5.74, 6) is 0.711. The zero-order valence-electron chi connectivity index (χ0n) is 15.4. The number of carbonyl (C=O) groups is 1. The molecule has 0 spiro atoms. The Bertz CT molecular complexity index is 1070. The Labute approximate surface area is 199 Å². The number of nitrogens with zero attached hydrogens (tertiary/aromatic N) is 1. The summed E-state index contributed by atoms with van der Waals surface area (Å²) >= 11 is 14.7. The topological polar surface area (TPSA) is 29.5 Å².